The number of benzene rings is 3. The van der Waals surface area contributed by atoms with Gasteiger partial charge in [-0.05, 0) is 64.2 Å². The van der Waals surface area contributed by atoms with Gasteiger partial charge < -0.3 is 20.3 Å². The number of rotatable bonds is 10. The molecule has 0 bridgehead atoms. The number of alkyl carbamates (subject to hydrolysis) is 1. The van der Waals surface area contributed by atoms with Crippen LogP contribution < -0.4 is 10.6 Å². The van der Waals surface area contributed by atoms with Crippen LogP contribution in [0.1, 0.15) is 67.5 Å². The zero-order valence-electron chi connectivity index (χ0n) is 24.6. The van der Waals surface area contributed by atoms with E-state index in [0.717, 1.165) is 40.7 Å². The van der Waals surface area contributed by atoms with Crippen LogP contribution >= 0.6 is 0 Å². The molecule has 1 aliphatic rings. The van der Waals surface area contributed by atoms with Gasteiger partial charge in [0.15, 0.2) is 0 Å². The average molecular weight is 556 g/mol. The minimum atomic E-state index is -0.914. The van der Waals surface area contributed by atoms with E-state index in [2.05, 4.69) is 10.6 Å². The van der Waals surface area contributed by atoms with Gasteiger partial charge in [0, 0.05) is 19.0 Å². The van der Waals surface area contributed by atoms with Crippen LogP contribution in [0, 0.1) is 13.8 Å². The molecule has 216 valence electrons. The molecule has 0 aromatic heterocycles. The van der Waals surface area contributed by atoms with E-state index < -0.39 is 23.8 Å². The van der Waals surface area contributed by atoms with Gasteiger partial charge in [-0.3, -0.25) is 9.59 Å². The smallest absolute Gasteiger partial charge is 0.408 e. The molecule has 1 aliphatic carbocycles. The molecule has 2 N–H and O–H groups in total. The number of aryl methyl sites for hydroxylation is 2. The van der Waals surface area contributed by atoms with Gasteiger partial charge >= 0.3 is 6.09 Å². The Morgan fingerprint density at radius 2 is 1.44 bits per heavy atom. The predicted molar refractivity (Wildman–Crippen MR) is 160 cm³/mol. The third-order valence-corrected chi connectivity index (χ3v) is 6.86. The first kappa shape index (κ1) is 29.8. The number of carbonyl (C=O) groups is 3. The molecule has 2 atom stereocenters. The van der Waals surface area contributed by atoms with Crippen molar-refractivity contribution in [2.24, 2.45) is 0 Å². The second-order valence-corrected chi connectivity index (χ2v) is 11.9. The van der Waals surface area contributed by atoms with Crippen molar-refractivity contribution in [1.82, 2.24) is 15.5 Å². The molecule has 3 amide bonds. The van der Waals surface area contributed by atoms with E-state index in [-0.39, 0.29) is 24.3 Å². The lowest BCUT2D eigenvalue weighted by Gasteiger charge is -2.35. The van der Waals surface area contributed by atoms with E-state index in [1.54, 1.807) is 25.7 Å². The maximum atomic E-state index is 14.5. The highest BCUT2D eigenvalue weighted by Crippen LogP contribution is 2.36. The fourth-order valence-corrected chi connectivity index (χ4v) is 5.04. The second kappa shape index (κ2) is 13.0. The SMILES string of the molecule is Cc1cc(C)cc(C(C(=O)NCc2ccccc2)N(C(=O)C(Cc2ccccc2)NC(=O)OC(C)(C)C)C2CC2)c1. The number of hydrogen-bond acceptors (Lipinski definition) is 4. The summed E-state index contributed by atoms with van der Waals surface area (Å²) in [6.45, 7) is 9.66. The number of amides is 3. The molecule has 4 rings (SSSR count). The van der Waals surface area contributed by atoms with Crippen LogP contribution in [0.4, 0.5) is 4.79 Å². The summed E-state index contributed by atoms with van der Waals surface area (Å²) in [5.41, 5.74) is 3.92. The Morgan fingerprint density at radius 1 is 0.878 bits per heavy atom. The largest absolute Gasteiger partial charge is 0.444 e. The van der Waals surface area contributed by atoms with E-state index in [1.165, 1.54) is 0 Å². The molecule has 1 saturated carbocycles. The van der Waals surface area contributed by atoms with Crippen molar-refractivity contribution >= 4 is 17.9 Å². The molecule has 3 aromatic rings. The standard InChI is InChI=1S/C34H41N3O4/c1-23-18-24(2)20-27(19-23)30(31(38)35-22-26-14-10-7-11-15-26)37(28-16-17-28)32(39)29(21-25-12-8-6-9-13-25)36-33(40)41-34(3,4)5/h6-15,18-20,28-30H,16-17,21-22H2,1-5H3,(H,35,38)(H,36,40). The van der Waals surface area contributed by atoms with Gasteiger partial charge in [-0.15, -0.1) is 0 Å². The van der Waals surface area contributed by atoms with Crippen molar-refractivity contribution in [3.8, 4) is 0 Å². The van der Waals surface area contributed by atoms with Crippen LogP contribution in [-0.2, 0) is 27.3 Å². The van der Waals surface area contributed by atoms with E-state index in [0.29, 0.717) is 6.54 Å². The van der Waals surface area contributed by atoms with Crippen molar-refractivity contribution in [3.63, 3.8) is 0 Å². The predicted octanol–water partition coefficient (Wildman–Crippen LogP) is 5.79. The van der Waals surface area contributed by atoms with Gasteiger partial charge in [0.2, 0.25) is 11.8 Å². The maximum Gasteiger partial charge on any atom is 0.408 e. The topological polar surface area (TPSA) is 87.7 Å². The molecule has 0 radical (unpaired) electrons. The lowest BCUT2D eigenvalue weighted by atomic mass is 9.97. The fraction of sp³-hybridized carbons (Fsp3) is 0.382. The van der Waals surface area contributed by atoms with E-state index >= 15 is 0 Å². The summed E-state index contributed by atoms with van der Waals surface area (Å²) < 4.78 is 5.52. The maximum absolute atomic E-state index is 14.5. The van der Waals surface area contributed by atoms with Crippen molar-refractivity contribution < 1.29 is 19.1 Å². The van der Waals surface area contributed by atoms with Gasteiger partial charge in [-0.1, -0.05) is 90.0 Å². The molecule has 7 nitrogen and oxygen atoms in total. The second-order valence-electron chi connectivity index (χ2n) is 11.9. The Bertz CT molecular complexity index is 1330. The summed E-state index contributed by atoms with van der Waals surface area (Å²) >= 11 is 0. The first-order chi connectivity index (χ1) is 19.5. The van der Waals surface area contributed by atoms with Gasteiger partial charge in [0.1, 0.15) is 17.7 Å². The van der Waals surface area contributed by atoms with Crippen LogP contribution in [0.5, 0.6) is 0 Å². The van der Waals surface area contributed by atoms with Crippen molar-refractivity contribution in [1.29, 1.82) is 0 Å². The van der Waals surface area contributed by atoms with Crippen LogP contribution in [0.25, 0.3) is 0 Å². The number of carbonyl (C=O) groups excluding carboxylic acids is 3. The highest BCUT2D eigenvalue weighted by Gasteiger charge is 2.44. The minimum absolute atomic E-state index is 0.102. The van der Waals surface area contributed by atoms with Crippen LogP contribution in [-0.4, -0.2) is 40.5 Å². The Kier molecular flexibility index (Phi) is 9.48. The highest BCUT2D eigenvalue weighted by atomic mass is 16.6. The number of hydrogen-bond donors (Lipinski definition) is 2. The lowest BCUT2D eigenvalue weighted by Crippen LogP contribution is -2.54. The first-order valence-electron chi connectivity index (χ1n) is 14.3. The normalized spacial score (nSPS) is 14.5. The van der Waals surface area contributed by atoms with Crippen molar-refractivity contribution in [2.75, 3.05) is 0 Å². The zero-order valence-corrected chi connectivity index (χ0v) is 24.6. The third kappa shape index (κ3) is 8.68. The molecule has 0 aliphatic heterocycles. The number of nitrogens with zero attached hydrogens (tertiary/aromatic N) is 1. The van der Waals surface area contributed by atoms with Gasteiger partial charge in [-0.25, -0.2) is 4.79 Å². The van der Waals surface area contributed by atoms with Crippen LogP contribution in [0.15, 0.2) is 78.9 Å². The van der Waals surface area contributed by atoms with Gasteiger partial charge in [0.05, 0.1) is 0 Å². The molecule has 0 heterocycles. The van der Waals surface area contributed by atoms with E-state index in [1.807, 2.05) is 92.7 Å². The van der Waals surface area contributed by atoms with Crippen LogP contribution in [0.3, 0.4) is 0 Å². The first-order valence-corrected chi connectivity index (χ1v) is 14.3. The summed E-state index contributed by atoms with van der Waals surface area (Å²) in [4.78, 5) is 43.1. The highest BCUT2D eigenvalue weighted by molar-refractivity contribution is 5.92. The molecular formula is C34H41N3O4. The summed E-state index contributed by atoms with van der Waals surface area (Å²) in [6, 6.07) is 23.4. The zero-order chi connectivity index (χ0) is 29.6. The quantitative estimate of drug-likeness (QED) is 0.332. The summed E-state index contributed by atoms with van der Waals surface area (Å²) in [6.07, 6.45) is 1.19. The molecule has 3 aromatic carbocycles. The average Bonchev–Trinajstić information content (AvgIpc) is 3.74. The summed E-state index contributed by atoms with van der Waals surface area (Å²) in [5.74, 6) is -0.559. The number of nitrogens with one attached hydrogen (secondary N) is 2. The molecule has 41 heavy (non-hydrogen) atoms. The van der Waals surface area contributed by atoms with E-state index in [9.17, 15) is 14.4 Å². The minimum Gasteiger partial charge on any atom is -0.444 e. The van der Waals surface area contributed by atoms with E-state index in [4.69, 9.17) is 4.74 Å². The molecule has 0 spiro atoms. The molecule has 7 heteroatoms. The lowest BCUT2D eigenvalue weighted by molar-refractivity contribution is -0.143. The Hall–Kier alpha value is -4.13. The monoisotopic (exact) mass is 555 g/mol. The molecular weight excluding hydrogens is 514 g/mol. The van der Waals surface area contributed by atoms with Crippen molar-refractivity contribution in [3.05, 3.63) is 107 Å². The molecule has 0 saturated heterocycles. The Morgan fingerprint density at radius 3 is 1.98 bits per heavy atom. The Balaban J connectivity index is 1.70. The Labute approximate surface area is 243 Å². The van der Waals surface area contributed by atoms with Gasteiger partial charge in [0.25, 0.3) is 0 Å². The third-order valence-electron chi connectivity index (χ3n) is 6.86. The number of ether oxygens (including phenoxy) is 1. The summed E-state index contributed by atoms with van der Waals surface area (Å²) in [7, 11) is 0. The summed E-state index contributed by atoms with van der Waals surface area (Å²) in [5, 5.41) is 5.90. The molecule has 1 fully saturated rings. The molecule has 2 unspecified atom stereocenters. The van der Waals surface area contributed by atoms with Crippen molar-refractivity contribution in [2.45, 2.75) is 84.2 Å². The fourth-order valence-electron chi connectivity index (χ4n) is 5.04. The van der Waals surface area contributed by atoms with Crippen LogP contribution in [0.2, 0.25) is 0 Å². The van der Waals surface area contributed by atoms with Gasteiger partial charge in [-0.2, -0.15) is 0 Å².